The van der Waals surface area contributed by atoms with Gasteiger partial charge < -0.3 is 38.5 Å². The van der Waals surface area contributed by atoms with E-state index in [1.165, 1.54) is 6.33 Å². The lowest BCUT2D eigenvalue weighted by atomic mass is 9.80. The minimum atomic E-state index is -0.972. The van der Waals surface area contributed by atoms with E-state index in [-0.39, 0.29) is 18.9 Å². The molecule has 0 aliphatic carbocycles. The number of benzene rings is 7. The molecule has 2 atom stereocenters. The Morgan fingerprint density at radius 2 is 1.03 bits per heavy atom. The molecular weight excluding hydrogens is 927 g/mol. The smallest absolute Gasteiger partial charge is 0.167 e. The third kappa shape index (κ3) is 10.1. The third-order valence-electron chi connectivity index (χ3n) is 13.4. The Kier molecular flexibility index (Phi) is 15.0. The molecule has 12 nitrogen and oxygen atoms in total. The summed E-state index contributed by atoms with van der Waals surface area (Å²) in [5.74, 6) is 10.2. The number of aromatic nitrogens is 4. The topological polar surface area (TPSA) is 120 Å². The molecule has 0 spiro atoms. The average molecular weight is 983 g/mol. The van der Waals surface area contributed by atoms with Gasteiger partial charge in [0.15, 0.2) is 17.0 Å². The molecule has 1 fully saturated rings. The summed E-state index contributed by atoms with van der Waals surface area (Å²) in [4.78, 5) is 13.9. The van der Waals surface area contributed by atoms with E-state index in [0.29, 0.717) is 36.6 Å². The number of rotatable bonds is 19. The van der Waals surface area contributed by atoms with Gasteiger partial charge in [-0.15, -0.1) is 0 Å². The second-order valence-electron chi connectivity index (χ2n) is 17.6. The Hall–Kier alpha value is -8.47. The van der Waals surface area contributed by atoms with E-state index in [2.05, 4.69) is 94.2 Å². The van der Waals surface area contributed by atoms with E-state index in [1.54, 1.807) is 34.8 Å². The molecule has 0 amide bonds. The van der Waals surface area contributed by atoms with Crippen molar-refractivity contribution in [2.45, 2.75) is 36.6 Å². The van der Waals surface area contributed by atoms with Gasteiger partial charge in [-0.05, 0) is 112 Å². The summed E-state index contributed by atoms with van der Waals surface area (Å²) in [5.41, 5.74) is 7.05. The number of imidazole rings is 1. The fraction of sp³-hybridized carbons (Fsp3) is 0.194. The zero-order valence-electron chi connectivity index (χ0n) is 41.7. The highest BCUT2D eigenvalue weighted by Crippen LogP contribution is 2.44. The minimum absolute atomic E-state index is 0.275. The highest BCUT2D eigenvalue weighted by molar-refractivity contribution is 5.82. The van der Waals surface area contributed by atoms with Crippen LogP contribution >= 0.6 is 0 Å². The van der Waals surface area contributed by atoms with E-state index in [9.17, 15) is 0 Å². The molecule has 74 heavy (non-hydrogen) atoms. The average Bonchev–Trinajstić information content (AvgIpc) is 4.14. The minimum Gasteiger partial charge on any atom is -0.497 e. The molecule has 0 saturated carbocycles. The summed E-state index contributed by atoms with van der Waals surface area (Å²) in [6.07, 6.45) is 5.39. The quantitative estimate of drug-likeness (QED) is 0.0616. The molecule has 1 saturated heterocycles. The van der Waals surface area contributed by atoms with Crippen molar-refractivity contribution < 1.29 is 33.2 Å². The number of methoxy groups -OCH3 is 4. The highest BCUT2D eigenvalue weighted by Gasteiger charge is 2.41. The molecule has 1 aliphatic rings. The van der Waals surface area contributed by atoms with Crippen LogP contribution in [0.3, 0.4) is 0 Å². The van der Waals surface area contributed by atoms with Crippen LogP contribution in [0.25, 0.3) is 11.2 Å². The standard InChI is InChI=1S/C62H56N5O7/c1-68-52-29-21-48(22-30-52)61(46-13-7-5-8-14-46,49-23-31-53(69-2)32-24-49)72-40-45-19-17-44(18-20-45)12-11-39-63-59-58-60(65-42-64-59)67(43-66-58)57-38-37-56(74-57)41-73-62(47-15-9-6-10-16-47,50-25-33-54(70-3)34-26-50)51-27-35-55(71-4)36-28-51/h5-10,13-37,42-43,56-57H,38-41H2,1-4H3,(H,63,64,65)/t56-,57-/m1/s1. The van der Waals surface area contributed by atoms with E-state index in [4.69, 9.17) is 38.1 Å². The van der Waals surface area contributed by atoms with Crippen LogP contribution in [0.5, 0.6) is 23.0 Å². The van der Waals surface area contributed by atoms with Crippen molar-refractivity contribution in [3.05, 3.63) is 246 Å². The highest BCUT2D eigenvalue weighted by atomic mass is 16.6. The summed E-state index contributed by atoms with van der Waals surface area (Å²) in [6.45, 7) is 0.948. The molecule has 3 heterocycles. The van der Waals surface area contributed by atoms with Gasteiger partial charge >= 0.3 is 0 Å². The summed E-state index contributed by atoms with van der Waals surface area (Å²) in [7, 11) is 6.66. The van der Waals surface area contributed by atoms with Crippen molar-refractivity contribution in [1.82, 2.24) is 19.5 Å². The van der Waals surface area contributed by atoms with Crippen LogP contribution < -0.4 is 24.3 Å². The Bertz CT molecular complexity index is 3210. The molecule has 7 aromatic carbocycles. The Morgan fingerprint density at radius 3 is 1.51 bits per heavy atom. The fourth-order valence-electron chi connectivity index (χ4n) is 9.57. The second kappa shape index (κ2) is 22.5. The maximum absolute atomic E-state index is 7.14. The maximum atomic E-state index is 7.14. The van der Waals surface area contributed by atoms with Crippen molar-refractivity contribution in [1.29, 1.82) is 0 Å². The predicted octanol–water partition coefficient (Wildman–Crippen LogP) is 11.3. The van der Waals surface area contributed by atoms with Crippen molar-refractivity contribution in [2.24, 2.45) is 0 Å². The van der Waals surface area contributed by atoms with Crippen molar-refractivity contribution in [2.75, 3.05) is 46.9 Å². The molecule has 12 heteroatoms. The molecule has 1 radical (unpaired) electrons. The Balaban J connectivity index is 0.809. The molecule has 371 valence electrons. The first-order chi connectivity index (χ1) is 36.4. The summed E-state index contributed by atoms with van der Waals surface area (Å²) in [6, 6.07) is 60.7. The van der Waals surface area contributed by atoms with Gasteiger partial charge in [0, 0.05) is 5.56 Å². The van der Waals surface area contributed by atoms with Gasteiger partial charge in [0.25, 0.3) is 0 Å². The lowest BCUT2D eigenvalue weighted by Gasteiger charge is -2.37. The molecule has 0 bridgehead atoms. The summed E-state index contributed by atoms with van der Waals surface area (Å²) in [5, 5.41) is 3.36. The number of hydrogen-bond donors (Lipinski definition) is 1. The van der Waals surface area contributed by atoms with Crippen molar-refractivity contribution in [3.63, 3.8) is 0 Å². The van der Waals surface area contributed by atoms with Gasteiger partial charge in [-0.1, -0.05) is 133 Å². The number of anilines is 1. The molecule has 10 rings (SSSR count). The zero-order valence-corrected chi connectivity index (χ0v) is 41.7. The van der Waals surface area contributed by atoms with Crippen LogP contribution in [0.2, 0.25) is 0 Å². The summed E-state index contributed by atoms with van der Waals surface area (Å²) >= 11 is 0. The largest absolute Gasteiger partial charge is 0.497 e. The van der Waals surface area contributed by atoms with Crippen LogP contribution in [-0.2, 0) is 32.0 Å². The third-order valence-corrected chi connectivity index (χ3v) is 13.4. The van der Waals surface area contributed by atoms with Gasteiger partial charge in [0.1, 0.15) is 46.8 Å². The number of fused-ring (bicyclic) bond motifs is 1. The number of ether oxygens (including phenoxy) is 7. The van der Waals surface area contributed by atoms with Crippen LogP contribution in [0.4, 0.5) is 5.82 Å². The van der Waals surface area contributed by atoms with Crippen molar-refractivity contribution >= 4 is 17.0 Å². The monoisotopic (exact) mass is 982 g/mol. The molecular formula is C62H56N5O7. The van der Waals surface area contributed by atoms with Crippen LogP contribution in [0.15, 0.2) is 195 Å². The first-order valence-electron chi connectivity index (χ1n) is 24.4. The van der Waals surface area contributed by atoms with Gasteiger partial charge in [-0.25, -0.2) is 15.0 Å². The summed E-state index contributed by atoms with van der Waals surface area (Å²) < 4.78 is 44.9. The van der Waals surface area contributed by atoms with Gasteiger partial charge in [-0.2, -0.15) is 0 Å². The van der Waals surface area contributed by atoms with E-state index in [0.717, 1.165) is 67.5 Å². The second-order valence-corrected chi connectivity index (χ2v) is 17.6. The van der Waals surface area contributed by atoms with Crippen molar-refractivity contribution in [3.8, 4) is 34.8 Å². The van der Waals surface area contributed by atoms with Gasteiger partial charge in [-0.3, -0.25) is 4.57 Å². The number of hydrogen-bond acceptors (Lipinski definition) is 11. The van der Waals surface area contributed by atoms with E-state index < -0.39 is 11.2 Å². The predicted molar refractivity (Wildman–Crippen MR) is 285 cm³/mol. The molecule has 9 aromatic rings. The van der Waals surface area contributed by atoms with Crippen LogP contribution in [0, 0.1) is 18.3 Å². The first kappa shape index (κ1) is 49.1. The number of nitrogens with zero attached hydrogens (tertiary/aromatic N) is 4. The zero-order chi connectivity index (χ0) is 50.7. The van der Waals surface area contributed by atoms with Gasteiger partial charge in [0.2, 0.25) is 0 Å². The molecule has 1 aliphatic heterocycles. The van der Waals surface area contributed by atoms with Gasteiger partial charge in [0.05, 0.1) is 60.6 Å². The molecule has 1 N–H and O–H groups in total. The fourth-order valence-corrected chi connectivity index (χ4v) is 9.57. The molecule has 2 aromatic heterocycles. The Labute approximate surface area is 431 Å². The number of nitrogens with one attached hydrogen (secondary N) is 1. The Morgan fingerprint density at radius 1 is 0.554 bits per heavy atom. The van der Waals surface area contributed by atoms with Crippen LogP contribution in [-0.4, -0.2) is 67.2 Å². The lowest BCUT2D eigenvalue weighted by molar-refractivity contribution is -0.0702. The van der Waals surface area contributed by atoms with E-state index >= 15 is 0 Å². The normalized spacial score (nSPS) is 14.5. The SMILES string of the molecule is COc1ccc(C(OCc2ccc(C#CCNc3ncnc4c3ncn4[C@H]3C[CH][C@H](COC(c4ccccc4)(c4ccc(OC)cc4)c4ccc(OC)cc4)O3)cc2)(c2ccccc2)c2ccc(OC)cc2)cc1. The lowest BCUT2D eigenvalue weighted by Crippen LogP contribution is -2.35. The first-order valence-corrected chi connectivity index (χ1v) is 24.4. The maximum Gasteiger partial charge on any atom is 0.167 e. The van der Waals surface area contributed by atoms with E-state index in [1.807, 2.05) is 126 Å². The molecule has 0 unspecified atom stereocenters. The van der Waals surface area contributed by atoms with Crippen LogP contribution in [0.1, 0.15) is 57.2 Å².